The molecule has 1 aromatic rings. The number of ether oxygens (including phenoxy) is 1. The fourth-order valence-corrected chi connectivity index (χ4v) is 2.85. The highest BCUT2D eigenvalue weighted by atomic mass is 79.9. The van der Waals surface area contributed by atoms with Crippen molar-refractivity contribution in [3.63, 3.8) is 0 Å². The number of hydrogen-bond donors (Lipinski definition) is 2. The molecular weight excluding hydrogens is 292 g/mol. The van der Waals surface area contributed by atoms with Crippen LogP contribution >= 0.6 is 15.9 Å². The number of halogens is 1. The lowest BCUT2D eigenvalue weighted by atomic mass is 10.1. The van der Waals surface area contributed by atoms with Gasteiger partial charge in [-0.2, -0.15) is 0 Å². The van der Waals surface area contributed by atoms with Crippen molar-refractivity contribution < 1.29 is 4.74 Å². The average Bonchev–Trinajstić information content (AvgIpc) is 3.10. The Hall–Kier alpha value is -0.580. The lowest BCUT2D eigenvalue weighted by Crippen LogP contribution is -2.31. The van der Waals surface area contributed by atoms with Gasteiger partial charge in [0.05, 0.1) is 11.6 Å². The van der Waals surface area contributed by atoms with Crippen molar-refractivity contribution in [2.75, 3.05) is 27.2 Å². The number of methoxy groups -OCH3 is 1. The topological polar surface area (TPSA) is 33.3 Å². The van der Waals surface area contributed by atoms with Gasteiger partial charge in [-0.3, -0.25) is 0 Å². The van der Waals surface area contributed by atoms with Gasteiger partial charge in [0.25, 0.3) is 0 Å². The Bertz CT molecular complexity index is 405. The quantitative estimate of drug-likeness (QED) is 0.812. The van der Waals surface area contributed by atoms with E-state index in [2.05, 4.69) is 38.7 Å². The maximum atomic E-state index is 5.23. The molecule has 2 rings (SSSR count). The largest absolute Gasteiger partial charge is 0.496 e. The lowest BCUT2D eigenvalue weighted by Gasteiger charge is -2.15. The SMILES string of the molecule is CNCC1(CNCc2ccc(OC)c(Br)c2)CC1. The van der Waals surface area contributed by atoms with Crippen LogP contribution in [0.3, 0.4) is 0 Å². The monoisotopic (exact) mass is 312 g/mol. The molecule has 1 saturated carbocycles. The number of hydrogen-bond acceptors (Lipinski definition) is 3. The second kappa shape index (κ2) is 6.04. The molecule has 4 heteroatoms. The molecule has 0 bridgehead atoms. The molecule has 1 aliphatic carbocycles. The van der Waals surface area contributed by atoms with Crippen molar-refractivity contribution in [3.05, 3.63) is 28.2 Å². The predicted molar refractivity (Wildman–Crippen MR) is 78.0 cm³/mol. The molecule has 0 unspecified atom stereocenters. The minimum atomic E-state index is 0.512. The minimum absolute atomic E-state index is 0.512. The van der Waals surface area contributed by atoms with Crippen LogP contribution in [0.15, 0.2) is 22.7 Å². The second-order valence-corrected chi connectivity index (χ2v) is 5.96. The van der Waals surface area contributed by atoms with Crippen molar-refractivity contribution in [1.29, 1.82) is 0 Å². The van der Waals surface area contributed by atoms with Crippen molar-refractivity contribution in [2.45, 2.75) is 19.4 Å². The molecule has 18 heavy (non-hydrogen) atoms. The number of benzene rings is 1. The third-order valence-electron chi connectivity index (χ3n) is 3.55. The molecule has 0 amide bonds. The first-order chi connectivity index (χ1) is 8.69. The Labute approximate surface area is 117 Å². The number of nitrogens with one attached hydrogen (secondary N) is 2. The molecule has 1 aliphatic rings. The third kappa shape index (κ3) is 3.46. The van der Waals surface area contributed by atoms with E-state index in [-0.39, 0.29) is 0 Å². The highest BCUT2D eigenvalue weighted by Gasteiger charge is 2.41. The lowest BCUT2D eigenvalue weighted by molar-refractivity contribution is 0.411. The Morgan fingerprint density at radius 2 is 2.11 bits per heavy atom. The van der Waals surface area contributed by atoms with E-state index >= 15 is 0 Å². The van der Waals surface area contributed by atoms with Gasteiger partial charge in [0.1, 0.15) is 5.75 Å². The Kier molecular flexibility index (Phi) is 4.65. The van der Waals surface area contributed by atoms with Crippen LogP contribution in [0, 0.1) is 5.41 Å². The van der Waals surface area contributed by atoms with Crippen molar-refractivity contribution in [3.8, 4) is 5.75 Å². The fourth-order valence-electron chi connectivity index (χ4n) is 2.26. The Morgan fingerprint density at radius 3 is 2.67 bits per heavy atom. The molecule has 3 nitrogen and oxygen atoms in total. The predicted octanol–water partition coefficient (Wildman–Crippen LogP) is 2.55. The summed E-state index contributed by atoms with van der Waals surface area (Å²) in [4.78, 5) is 0. The Morgan fingerprint density at radius 1 is 1.33 bits per heavy atom. The molecule has 0 spiro atoms. The smallest absolute Gasteiger partial charge is 0.133 e. The van der Waals surface area contributed by atoms with Gasteiger partial charge in [0.2, 0.25) is 0 Å². The third-order valence-corrected chi connectivity index (χ3v) is 4.17. The molecule has 0 aromatic heterocycles. The fraction of sp³-hybridized carbons (Fsp3) is 0.571. The van der Waals surface area contributed by atoms with Crippen molar-refractivity contribution in [1.82, 2.24) is 10.6 Å². The molecule has 0 aliphatic heterocycles. The zero-order valence-corrected chi connectivity index (χ0v) is 12.6. The maximum absolute atomic E-state index is 5.23. The average molecular weight is 313 g/mol. The van der Waals surface area contributed by atoms with Crippen molar-refractivity contribution >= 4 is 15.9 Å². The van der Waals surface area contributed by atoms with Gasteiger partial charge in [-0.25, -0.2) is 0 Å². The van der Waals surface area contributed by atoms with Gasteiger partial charge in [-0.15, -0.1) is 0 Å². The molecule has 1 aromatic carbocycles. The van der Waals surface area contributed by atoms with Crippen LogP contribution in [-0.2, 0) is 6.54 Å². The summed E-state index contributed by atoms with van der Waals surface area (Å²) >= 11 is 3.51. The number of rotatable bonds is 7. The van der Waals surface area contributed by atoms with E-state index in [1.165, 1.54) is 18.4 Å². The van der Waals surface area contributed by atoms with E-state index in [9.17, 15) is 0 Å². The summed E-state index contributed by atoms with van der Waals surface area (Å²) in [6.07, 6.45) is 2.68. The standard InChI is InChI=1S/C14H21BrN2O/c1-16-9-14(5-6-14)10-17-8-11-3-4-13(18-2)12(15)7-11/h3-4,7,16-17H,5-6,8-10H2,1-2H3. The molecule has 0 saturated heterocycles. The van der Waals surface area contributed by atoms with Crippen LogP contribution in [0.1, 0.15) is 18.4 Å². The van der Waals surface area contributed by atoms with Crippen molar-refractivity contribution in [2.24, 2.45) is 5.41 Å². The second-order valence-electron chi connectivity index (χ2n) is 5.10. The summed E-state index contributed by atoms with van der Waals surface area (Å²) in [7, 11) is 3.72. The van der Waals surface area contributed by atoms with Gasteiger partial charge in [0.15, 0.2) is 0 Å². The van der Waals surface area contributed by atoms with Crippen LogP contribution in [0.2, 0.25) is 0 Å². The van der Waals surface area contributed by atoms with Crippen LogP contribution in [0.25, 0.3) is 0 Å². The normalized spacial score (nSPS) is 16.6. The van der Waals surface area contributed by atoms with Crippen LogP contribution < -0.4 is 15.4 Å². The maximum Gasteiger partial charge on any atom is 0.133 e. The van der Waals surface area contributed by atoms with Gasteiger partial charge < -0.3 is 15.4 Å². The first kappa shape index (κ1) is 13.8. The molecule has 0 atom stereocenters. The van der Waals surface area contributed by atoms with Gasteiger partial charge in [-0.05, 0) is 58.9 Å². The highest BCUT2D eigenvalue weighted by Crippen LogP contribution is 2.44. The molecule has 0 heterocycles. The molecular formula is C14H21BrN2O. The van der Waals surface area contributed by atoms with E-state index in [0.717, 1.165) is 29.9 Å². The summed E-state index contributed by atoms with van der Waals surface area (Å²) in [6, 6.07) is 6.22. The van der Waals surface area contributed by atoms with Crippen LogP contribution in [0.5, 0.6) is 5.75 Å². The molecule has 2 N–H and O–H groups in total. The molecule has 1 fully saturated rings. The van der Waals surface area contributed by atoms with Crippen LogP contribution in [0.4, 0.5) is 0 Å². The van der Waals surface area contributed by atoms with E-state index in [4.69, 9.17) is 4.74 Å². The minimum Gasteiger partial charge on any atom is -0.496 e. The summed E-state index contributed by atoms with van der Waals surface area (Å²) < 4.78 is 6.24. The first-order valence-corrected chi connectivity index (χ1v) is 7.16. The van der Waals surface area contributed by atoms with Crippen LogP contribution in [-0.4, -0.2) is 27.2 Å². The first-order valence-electron chi connectivity index (χ1n) is 6.37. The summed E-state index contributed by atoms with van der Waals surface area (Å²) in [5.41, 5.74) is 1.79. The summed E-state index contributed by atoms with van der Waals surface area (Å²) in [5, 5.41) is 6.83. The zero-order chi connectivity index (χ0) is 13.0. The van der Waals surface area contributed by atoms with E-state index in [0.29, 0.717) is 5.41 Å². The summed E-state index contributed by atoms with van der Waals surface area (Å²) in [5.74, 6) is 0.882. The van der Waals surface area contributed by atoms with E-state index in [1.54, 1.807) is 7.11 Å². The zero-order valence-electron chi connectivity index (χ0n) is 11.1. The van der Waals surface area contributed by atoms with Gasteiger partial charge >= 0.3 is 0 Å². The van der Waals surface area contributed by atoms with E-state index < -0.39 is 0 Å². The molecule has 100 valence electrons. The molecule has 0 radical (unpaired) electrons. The van der Waals surface area contributed by atoms with Gasteiger partial charge in [0, 0.05) is 19.6 Å². The van der Waals surface area contributed by atoms with E-state index in [1.807, 2.05) is 13.1 Å². The van der Waals surface area contributed by atoms with Gasteiger partial charge in [-0.1, -0.05) is 6.07 Å². The highest BCUT2D eigenvalue weighted by molar-refractivity contribution is 9.10. The summed E-state index contributed by atoms with van der Waals surface area (Å²) in [6.45, 7) is 3.12. The Balaban J connectivity index is 1.82.